The molecule has 0 aliphatic carbocycles. The van der Waals surface area contributed by atoms with Crippen LogP contribution in [0, 0.1) is 5.92 Å². The highest BCUT2D eigenvalue weighted by Crippen LogP contribution is 2.10. The fourth-order valence-corrected chi connectivity index (χ4v) is 1.98. The average Bonchev–Trinajstić information content (AvgIpc) is 2.45. The van der Waals surface area contributed by atoms with Gasteiger partial charge in [-0.3, -0.25) is 9.59 Å². The summed E-state index contributed by atoms with van der Waals surface area (Å²) in [5.74, 6) is 0.0139. The number of benzene rings is 1. The molecule has 5 heteroatoms. The molecule has 1 aromatic rings. The van der Waals surface area contributed by atoms with Gasteiger partial charge < -0.3 is 10.6 Å². The van der Waals surface area contributed by atoms with Crippen LogP contribution in [-0.4, -0.2) is 24.9 Å². The molecule has 0 atom stereocenters. The van der Waals surface area contributed by atoms with Gasteiger partial charge >= 0.3 is 0 Å². The van der Waals surface area contributed by atoms with Crippen molar-refractivity contribution in [3.05, 3.63) is 34.9 Å². The van der Waals surface area contributed by atoms with Gasteiger partial charge in [-0.15, -0.1) is 0 Å². The Kier molecular flexibility index (Phi) is 7.09. The van der Waals surface area contributed by atoms with Gasteiger partial charge in [0.05, 0.1) is 6.54 Å². The van der Waals surface area contributed by atoms with Crippen LogP contribution in [0.15, 0.2) is 24.3 Å². The Morgan fingerprint density at radius 2 is 1.90 bits per heavy atom. The van der Waals surface area contributed by atoms with Crippen LogP contribution in [0.3, 0.4) is 0 Å². The number of carbonyl (C=O) groups is 2. The third kappa shape index (κ3) is 5.61. The van der Waals surface area contributed by atoms with E-state index in [0.29, 0.717) is 23.0 Å². The van der Waals surface area contributed by atoms with Crippen LogP contribution in [0.4, 0.5) is 0 Å². The minimum absolute atomic E-state index is 0.0223. The lowest BCUT2D eigenvalue weighted by Crippen LogP contribution is -2.38. The number of nitrogens with one attached hydrogen (secondary N) is 2. The molecule has 0 bridgehead atoms. The first kappa shape index (κ1) is 16.5. The van der Waals surface area contributed by atoms with Crippen LogP contribution in [0.2, 0.25) is 5.02 Å². The molecule has 0 saturated heterocycles. The Bertz CT molecular complexity index is 459. The Balaban J connectivity index is 2.35. The first-order valence-electron chi connectivity index (χ1n) is 6.87. The number of rotatable bonds is 7. The number of halogens is 1. The lowest BCUT2D eigenvalue weighted by atomic mass is 10.0. The second-order valence-corrected chi connectivity index (χ2v) is 5.12. The number of carbonyl (C=O) groups excluding carboxylic acids is 2. The molecule has 110 valence electrons. The normalized spacial score (nSPS) is 10.4. The van der Waals surface area contributed by atoms with Gasteiger partial charge in [0, 0.05) is 17.1 Å². The van der Waals surface area contributed by atoms with E-state index in [2.05, 4.69) is 24.5 Å². The summed E-state index contributed by atoms with van der Waals surface area (Å²) in [6, 6.07) is 6.62. The average molecular weight is 297 g/mol. The van der Waals surface area contributed by atoms with Crippen LogP contribution in [0.1, 0.15) is 37.0 Å². The molecule has 4 nitrogen and oxygen atoms in total. The second kappa shape index (κ2) is 8.59. The summed E-state index contributed by atoms with van der Waals surface area (Å²) in [7, 11) is 0. The fourth-order valence-electron chi connectivity index (χ4n) is 1.79. The largest absolute Gasteiger partial charge is 0.354 e. The van der Waals surface area contributed by atoms with Gasteiger partial charge in [0.1, 0.15) is 0 Å². The topological polar surface area (TPSA) is 58.2 Å². The van der Waals surface area contributed by atoms with E-state index in [1.54, 1.807) is 24.3 Å². The molecular formula is C15H21ClN2O2. The maximum atomic E-state index is 11.8. The molecule has 0 spiro atoms. The van der Waals surface area contributed by atoms with Crippen molar-refractivity contribution in [3.8, 4) is 0 Å². The summed E-state index contributed by atoms with van der Waals surface area (Å²) in [5, 5.41) is 5.90. The molecule has 0 saturated carbocycles. The van der Waals surface area contributed by atoms with Crippen molar-refractivity contribution in [2.75, 3.05) is 13.1 Å². The van der Waals surface area contributed by atoms with Crippen molar-refractivity contribution < 1.29 is 9.59 Å². The number of hydrogen-bond acceptors (Lipinski definition) is 2. The fraction of sp³-hybridized carbons (Fsp3) is 0.467. The molecule has 0 aliphatic rings. The monoisotopic (exact) mass is 296 g/mol. The third-order valence-electron chi connectivity index (χ3n) is 3.24. The molecule has 1 aromatic carbocycles. The zero-order chi connectivity index (χ0) is 15.0. The van der Waals surface area contributed by atoms with Crippen LogP contribution in [0.5, 0.6) is 0 Å². The minimum Gasteiger partial charge on any atom is -0.354 e. The smallest absolute Gasteiger partial charge is 0.251 e. The maximum Gasteiger partial charge on any atom is 0.251 e. The van der Waals surface area contributed by atoms with E-state index in [-0.39, 0.29) is 18.4 Å². The van der Waals surface area contributed by atoms with E-state index in [9.17, 15) is 9.59 Å². The van der Waals surface area contributed by atoms with Crippen molar-refractivity contribution in [2.24, 2.45) is 5.92 Å². The van der Waals surface area contributed by atoms with E-state index in [4.69, 9.17) is 11.6 Å². The molecule has 0 fully saturated rings. The quantitative estimate of drug-likeness (QED) is 0.812. The van der Waals surface area contributed by atoms with Crippen molar-refractivity contribution in [2.45, 2.75) is 26.7 Å². The van der Waals surface area contributed by atoms with Crippen LogP contribution >= 0.6 is 11.6 Å². The highest BCUT2D eigenvalue weighted by atomic mass is 35.5. The standard InChI is InChI=1S/C15H21ClN2O2/c1-3-11(4-2)9-17-14(19)10-18-15(20)12-6-5-7-13(16)8-12/h5-8,11H,3-4,9-10H2,1-2H3,(H,17,19)(H,18,20). The van der Waals surface area contributed by atoms with Gasteiger partial charge in [0.15, 0.2) is 0 Å². The Morgan fingerprint density at radius 1 is 1.20 bits per heavy atom. The van der Waals surface area contributed by atoms with E-state index in [0.717, 1.165) is 12.8 Å². The van der Waals surface area contributed by atoms with Gasteiger partial charge in [-0.25, -0.2) is 0 Å². The van der Waals surface area contributed by atoms with E-state index < -0.39 is 0 Å². The van der Waals surface area contributed by atoms with Crippen molar-refractivity contribution in [1.29, 1.82) is 0 Å². The van der Waals surface area contributed by atoms with E-state index in [1.165, 1.54) is 0 Å². The second-order valence-electron chi connectivity index (χ2n) is 4.68. The molecule has 2 amide bonds. The van der Waals surface area contributed by atoms with Gasteiger partial charge in [0.2, 0.25) is 5.91 Å². The van der Waals surface area contributed by atoms with Crippen molar-refractivity contribution >= 4 is 23.4 Å². The molecule has 0 aliphatic heterocycles. The summed E-state index contributed by atoms with van der Waals surface area (Å²) in [4.78, 5) is 23.4. The zero-order valence-corrected chi connectivity index (χ0v) is 12.7. The predicted octanol–water partition coefficient (Wildman–Crippen LogP) is 2.62. The first-order chi connectivity index (χ1) is 9.56. The van der Waals surface area contributed by atoms with Crippen molar-refractivity contribution in [1.82, 2.24) is 10.6 Å². The van der Waals surface area contributed by atoms with Crippen molar-refractivity contribution in [3.63, 3.8) is 0 Å². The van der Waals surface area contributed by atoms with Gasteiger partial charge in [-0.2, -0.15) is 0 Å². The molecule has 0 heterocycles. The molecule has 1 rings (SSSR count). The molecule has 0 radical (unpaired) electrons. The van der Waals surface area contributed by atoms with E-state index >= 15 is 0 Å². The van der Waals surface area contributed by atoms with Crippen LogP contribution in [0.25, 0.3) is 0 Å². The van der Waals surface area contributed by atoms with E-state index in [1.807, 2.05) is 0 Å². The highest BCUT2D eigenvalue weighted by molar-refractivity contribution is 6.30. The SMILES string of the molecule is CCC(CC)CNC(=O)CNC(=O)c1cccc(Cl)c1. The molecular weight excluding hydrogens is 276 g/mol. The van der Waals surface area contributed by atoms with Gasteiger partial charge in [-0.1, -0.05) is 44.4 Å². The van der Waals surface area contributed by atoms with Crippen LogP contribution in [-0.2, 0) is 4.79 Å². The number of hydrogen-bond donors (Lipinski definition) is 2. The highest BCUT2D eigenvalue weighted by Gasteiger charge is 2.09. The molecule has 20 heavy (non-hydrogen) atoms. The van der Waals surface area contributed by atoms with Gasteiger partial charge in [0.25, 0.3) is 5.91 Å². The lowest BCUT2D eigenvalue weighted by Gasteiger charge is -2.13. The number of amides is 2. The molecule has 0 unspecified atom stereocenters. The molecule has 2 N–H and O–H groups in total. The Morgan fingerprint density at radius 3 is 2.50 bits per heavy atom. The summed E-state index contributed by atoms with van der Waals surface area (Å²) < 4.78 is 0. The first-order valence-corrected chi connectivity index (χ1v) is 7.25. The third-order valence-corrected chi connectivity index (χ3v) is 3.47. The Labute approximate surface area is 124 Å². The summed E-state index contributed by atoms with van der Waals surface area (Å²) >= 11 is 5.81. The Hall–Kier alpha value is -1.55. The zero-order valence-electron chi connectivity index (χ0n) is 11.9. The minimum atomic E-state index is -0.301. The maximum absolute atomic E-state index is 11.8. The summed E-state index contributed by atoms with van der Waals surface area (Å²) in [6.07, 6.45) is 2.07. The van der Waals surface area contributed by atoms with Crippen LogP contribution < -0.4 is 10.6 Å². The predicted molar refractivity (Wildman–Crippen MR) is 80.9 cm³/mol. The summed E-state index contributed by atoms with van der Waals surface area (Å²) in [6.45, 7) is 4.83. The lowest BCUT2D eigenvalue weighted by molar-refractivity contribution is -0.120. The molecule has 0 aromatic heterocycles. The van der Waals surface area contributed by atoms with Gasteiger partial charge in [-0.05, 0) is 24.1 Å². The summed E-state index contributed by atoms with van der Waals surface area (Å²) in [5.41, 5.74) is 0.449.